The lowest BCUT2D eigenvalue weighted by atomic mass is 10.3. The Bertz CT molecular complexity index is 707. The van der Waals surface area contributed by atoms with E-state index in [1.54, 1.807) is 25.3 Å². The molecule has 0 saturated carbocycles. The van der Waals surface area contributed by atoms with E-state index < -0.39 is 0 Å². The Labute approximate surface area is 134 Å². The fraction of sp³-hybridized carbons (Fsp3) is 0.125. The van der Waals surface area contributed by atoms with Crippen LogP contribution in [0.25, 0.3) is 6.08 Å². The van der Waals surface area contributed by atoms with Crippen LogP contribution in [0.4, 0.5) is 5.69 Å². The summed E-state index contributed by atoms with van der Waals surface area (Å²) in [5, 5.41) is 5.67. The molecule has 2 N–H and O–H groups in total. The van der Waals surface area contributed by atoms with Crippen LogP contribution in [0, 0.1) is 6.92 Å². The number of hydrogen-bond acceptors (Lipinski definition) is 4. The molecule has 1 aromatic carbocycles. The molecule has 0 spiro atoms. The minimum absolute atomic E-state index is 0.207. The molecule has 0 radical (unpaired) electrons. The molecule has 0 aliphatic heterocycles. The molecular weight excluding hydrogens is 300 g/mol. The normalized spacial score (nSPS) is 10.5. The molecule has 0 aliphatic carbocycles. The molecule has 1 heterocycles. The molecule has 5 nitrogen and oxygen atoms in total. The number of amides is 1. The van der Waals surface area contributed by atoms with E-state index in [9.17, 15) is 4.79 Å². The van der Waals surface area contributed by atoms with Crippen LogP contribution in [-0.2, 0) is 4.79 Å². The van der Waals surface area contributed by atoms with Gasteiger partial charge in [-0.25, -0.2) is 0 Å². The first-order valence-electron chi connectivity index (χ1n) is 6.57. The molecule has 0 bridgehead atoms. The van der Waals surface area contributed by atoms with Gasteiger partial charge in [0.1, 0.15) is 17.3 Å². The minimum atomic E-state index is -0.338. The standard InChI is InChI=1S/C16H16N2O3S/c1-11-6-7-13(21-11)8-9-15(19)18-16(22)17-12-4-3-5-14(10-12)20-2/h3-10H,1-2H3,(H2,17,18,19,22)/b9-8+. The molecule has 0 fully saturated rings. The van der Waals surface area contributed by atoms with Crippen LogP contribution >= 0.6 is 12.2 Å². The largest absolute Gasteiger partial charge is 0.497 e. The van der Waals surface area contributed by atoms with Crippen molar-refractivity contribution in [2.45, 2.75) is 6.92 Å². The van der Waals surface area contributed by atoms with Gasteiger partial charge in [0.05, 0.1) is 7.11 Å². The second-order valence-corrected chi connectivity index (χ2v) is 4.87. The van der Waals surface area contributed by atoms with Crippen LogP contribution in [0.15, 0.2) is 46.9 Å². The highest BCUT2D eigenvalue weighted by Crippen LogP contribution is 2.16. The van der Waals surface area contributed by atoms with Gasteiger partial charge in [0.25, 0.3) is 0 Å². The predicted octanol–water partition coefficient (Wildman–Crippen LogP) is 3.12. The number of rotatable bonds is 4. The first-order valence-corrected chi connectivity index (χ1v) is 6.98. The van der Waals surface area contributed by atoms with Gasteiger partial charge in [-0.3, -0.25) is 10.1 Å². The smallest absolute Gasteiger partial charge is 0.250 e. The number of aryl methyl sites for hydroxylation is 1. The Morgan fingerprint density at radius 1 is 1.32 bits per heavy atom. The van der Waals surface area contributed by atoms with E-state index in [1.165, 1.54) is 6.08 Å². The lowest BCUT2D eigenvalue weighted by molar-refractivity contribution is -0.115. The number of anilines is 1. The lowest BCUT2D eigenvalue weighted by Crippen LogP contribution is -2.32. The first kappa shape index (κ1) is 15.8. The van der Waals surface area contributed by atoms with Crippen molar-refractivity contribution in [3.63, 3.8) is 0 Å². The van der Waals surface area contributed by atoms with Crippen molar-refractivity contribution in [1.82, 2.24) is 5.32 Å². The second-order valence-electron chi connectivity index (χ2n) is 4.46. The molecule has 6 heteroatoms. The fourth-order valence-corrected chi connectivity index (χ4v) is 1.94. The van der Waals surface area contributed by atoms with Crippen molar-refractivity contribution in [2.24, 2.45) is 0 Å². The van der Waals surface area contributed by atoms with Gasteiger partial charge in [0, 0.05) is 17.8 Å². The highest BCUT2D eigenvalue weighted by atomic mass is 32.1. The van der Waals surface area contributed by atoms with Gasteiger partial charge in [-0.05, 0) is 49.5 Å². The van der Waals surface area contributed by atoms with E-state index in [0.29, 0.717) is 11.5 Å². The SMILES string of the molecule is COc1cccc(NC(=S)NC(=O)/C=C/c2ccc(C)o2)c1. The molecule has 1 aromatic heterocycles. The third kappa shape index (κ3) is 4.75. The van der Waals surface area contributed by atoms with E-state index in [4.69, 9.17) is 21.4 Å². The van der Waals surface area contributed by atoms with Crippen LogP contribution in [0.3, 0.4) is 0 Å². The Hall–Kier alpha value is -2.60. The average molecular weight is 316 g/mol. The van der Waals surface area contributed by atoms with Gasteiger partial charge >= 0.3 is 0 Å². The summed E-state index contributed by atoms with van der Waals surface area (Å²) < 4.78 is 10.4. The Morgan fingerprint density at radius 2 is 2.14 bits per heavy atom. The van der Waals surface area contributed by atoms with E-state index >= 15 is 0 Å². The molecule has 2 aromatic rings. The lowest BCUT2D eigenvalue weighted by Gasteiger charge is -2.09. The van der Waals surface area contributed by atoms with Crippen LogP contribution in [-0.4, -0.2) is 18.1 Å². The first-order chi connectivity index (χ1) is 10.6. The van der Waals surface area contributed by atoms with Crippen LogP contribution in [0.2, 0.25) is 0 Å². The molecule has 22 heavy (non-hydrogen) atoms. The zero-order valence-electron chi connectivity index (χ0n) is 12.3. The average Bonchev–Trinajstić information content (AvgIpc) is 2.91. The highest BCUT2D eigenvalue weighted by Gasteiger charge is 2.03. The van der Waals surface area contributed by atoms with Crippen LogP contribution in [0.5, 0.6) is 5.75 Å². The number of methoxy groups -OCH3 is 1. The summed E-state index contributed by atoms with van der Waals surface area (Å²) in [4.78, 5) is 11.8. The number of thiocarbonyl (C=S) groups is 1. The van der Waals surface area contributed by atoms with Gasteiger partial charge in [-0.1, -0.05) is 6.07 Å². The molecule has 2 rings (SSSR count). The molecular formula is C16H16N2O3S. The van der Waals surface area contributed by atoms with Crippen molar-refractivity contribution >= 4 is 35.0 Å². The van der Waals surface area contributed by atoms with E-state index in [-0.39, 0.29) is 11.0 Å². The number of carbonyl (C=O) groups excluding carboxylic acids is 1. The van der Waals surface area contributed by atoms with Crippen LogP contribution in [0.1, 0.15) is 11.5 Å². The topological polar surface area (TPSA) is 63.5 Å². The Morgan fingerprint density at radius 3 is 2.82 bits per heavy atom. The van der Waals surface area contributed by atoms with Gasteiger partial charge in [-0.2, -0.15) is 0 Å². The summed E-state index contributed by atoms with van der Waals surface area (Å²) in [6.45, 7) is 1.84. The van der Waals surface area contributed by atoms with Crippen molar-refractivity contribution in [3.05, 3.63) is 54.0 Å². The number of furan rings is 1. The summed E-state index contributed by atoms with van der Waals surface area (Å²) in [7, 11) is 1.58. The number of nitrogens with one attached hydrogen (secondary N) is 2. The molecule has 0 saturated heterocycles. The van der Waals surface area contributed by atoms with Crippen molar-refractivity contribution in [1.29, 1.82) is 0 Å². The molecule has 0 unspecified atom stereocenters. The quantitative estimate of drug-likeness (QED) is 0.670. The molecule has 1 amide bonds. The number of ether oxygens (including phenoxy) is 1. The minimum Gasteiger partial charge on any atom is -0.497 e. The van der Waals surface area contributed by atoms with Crippen LogP contribution < -0.4 is 15.4 Å². The van der Waals surface area contributed by atoms with E-state index in [1.807, 2.05) is 31.2 Å². The third-order valence-corrected chi connectivity index (χ3v) is 2.93. The number of hydrogen-bond donors (Lipinski definition) is 2. The maximum absolute atomic E-state index is 11.8. The second kappa shape index (κ2) is 7.42. The van der Waals surface area contributed by atoms with Crippen molar-refractivity contribution in [3.8, 4) is 5.75 Å². The Balaban J connectivity index is 1.88. The summed E-state index contributed by atoms with van der Waals surface area (Å²) in [6.07, 6.45) is 2.94. The Kier molecular flexibility index (Phi) is 5.32. The zero-order valence-corrected chi connectivity index (χ0v) is 13.1. The van der Waals surface area contributed by atoms with Gasteiger partial charge in [-0.15, -0.1) is 0 Å². The third-order valence-electron chi connectivity index (χ3n) is 2.72. The maximum Gasteiger partial charge on any atom is 0.250 e. The zero-order chi connectivity index (χ0) is 15.9. The monoisotopic (exact) mass is 316 g/mol. The van der Waals surface area contributed by atoms with E-state index in [2.05, 4.69) is 10.6 Å². The summed E-state index contributed by atoms with van der Waals surface area (Å²) >= 11 is 5.09. The summed E-state index contributed by atoms with van der Waals surface area (Å²) in [5.74, 6) is 1.76. The number of benzene rings is 1. The summed E-state index contributed by atoms with van der Waals surface area (Å²) in [5.41, 5.74) is 0.732. The molecule has 0 aliphatic rings. The molecule has 114 valence electrons. The summed E-state index contributed by atoms with van der Waals surface area (Å²) in [6, 6.07) is 10.9. The number of carbonyl (C=O) groups is 1. The highest BCUT2D eigenvalue weighted by molar-refractivity contribution is 7.80. The van der Waals surface area contributed by atoms with Crippen molar-refractivity contribution in [2.75, 3.05) is 12.4 Å². The maximum atomic E-state index is 11.8. The van der Waals surface area contributed by atoms with Gasteiger partial charge in [0.15, 0.2) is 5.11 Å². The fourth-order valence-electron chi connectivity index (χ4n) is 1.72. The molecule has 0 atom stereocenters. The predicted molar refractivity (Wildman–Crippen MR) is 89.8 cm³/mol. The van der Waals surface area contributed by atoms with E-state index in [0.717, 1.165) is 11.4 Å². The van der Waals surface area contributed by atoms with Gasteiger partial charge in [0.2, 0.25) is 5.91 Å². The van der Waals surface area contributed by atoms with Crippen molar-refractivity contribution < 1.29 is 13.9 Å². The van der Waals surface area contributed by atoms with Gasteiger partial charge < -0.3 is 14.5 Å².